The molecular formula is C11H10O2S. The number of Topliss-reactive ketones (excluding diaryl/α,β-unsaturated/α-hetero) is 1. The lowest BCUT2D eigenvalue weighted by molar-refractivity contribution is 0.0981. The smallest absolute Gasteiger partial charge is 0.164 e. The third kappa shape index (κ3) is 2.12. The molecule has 0 bridgehead atoms. The molecule has 0 saturated heterocycles. The summed E-state index contributed by atoms with van der Waals surface area (Å²) in [5, 5.41) is 3.80. The fourth-order valence-electron chi connectivity index (χ4n) is 1.26. The van der Waals surface area contributed by atoms with Crippen molar-refractivity contribution in [3.05, 3.63) is 46.5 Å². The molecule has 0 atom stereocenters. The Morgan fingerprint density at radius 3 is 3.00 bits per heavy atom. The van der Waals surface area contributed by atoms with Crippen LogP contribution in [0, 0.1) is 0 Å². The van der Waals surface area contributed by atoms with E-state index in [4.69, 9.17) is 4.42 Å². The van der Waals surface area contributed by atoms with Crippen LogP contribution in [0.15, 0.2) is 39.6 Å². The zero-order valence-electron chi connectivity index (χ0n) is 7.60. The Morgan fingerprint density at radius 1 is 1.43 bits per heavy atom. The minimum Gasteiger partial charge on any atom is -0.469 e. The number of furan rings is 1. The number of hydrogen-bond acceptors (Lipinski definition) is 3. The molecule has 0 fully saturated rings. The van der Waals surface area contributed by atoms with Gasteiger partial charge in [0.25, 0.3) is 0 Å². The first-order valence-electron chi connectivity index (χ1n) is 4.44. The van der Waals surface area contributed by atoms with Crippen LogP contribution in [0.3, 0.4) is 0 Å². The van der Waals surface area contributed by atoms with Crippen molar-refractivity contribution < 1.29 is 9.21 Å². The zero-order chi connectivity index (χ0) is 9.80. The van der Waals surface area contributed by atoms with Crippen LogP contribution in [0.2, 0.25) is 0 Å². The van der Waals surface area contributed by atoms with E-state index in [1.165, 1.54) is 0 Å². The molecule has 2 rings (SSSR count). The maximum absolute atomic E-state index is 11.6. The Kier molecular flexibility index (Phi) is 2.79. The molecule has 2 aromatic heterocycles. The van der Waals surface area contributed by atoms with Gasteiger partial charge in [-0.2, -0.15) is 11.3 Å². The second-order valence-corrected chi connectivity index (χ2v) is 3.79. The van der Waals surface area contributed by atoms with Gasteiger partial charge in [-0.25, -0.2) is 0 Å². The normalized spacial score (nSPS) is 10.3. The molecule has 0 saturated carbocycles. The van der Waals surface area contributed by atoms with E-state index in [1.807, 2.05) is 29.0 Å². The van der Waals surface area contributed by atoms with Crippen molar-refractivity contribution in [2.75, 3.05) is 0 Å². The standard InChI is InChI=1S/C11H10O2S/c12-11(9-5-7-14-8-9)4-3-10-2-1-6-13-10/h1-2,5-8H,3-4H2. The average Bonchev–Trinajstić information content (AvgIpc) is 2.87. The summed E-state index contributed by atoms with van der Waals surface area (Å²) >= 11 is 1.55. The SMILES string of the molecule is O=C(CCc1ccco1)c1ccsc1. The summed E-state index contributed by atoms with van der Waals surface area (Å²) in [7, 11) is 0. The molecule has 0 radical (unpaired) electrons. The average molecular weight is 206 g/mol. The van der Waals surface area contributed by atoms with Crippen molar-refractivity contribution in [1.82, 2.24) is 0 Å². The van der Waals surface area contributed by atoms with Crippen LogP contribution in [0.4, 0.5) is 0 Å². The van der Waals surface area contributed by atoms with E-state index < -0.39 is 0 Å². The van der Waals surface area contributed by atoms with E-state index in [0.717, 1.165) is 11.3 Å². The molecule has 0 amide bonds. The lowest BCUT2D eigenvalue weighted by atomic mass is 10.1. The van der Waals surface area contributed by atoms with Gasteiger partial charge in [-0.1, -0.05) is 0 Å². The highest BCUT2D eigenvalue weighted by Gasteiger charge is 2.06. The molecule has 2 aromatic rings. The minimum absolute atomic E-state index is 0.183. The fourth-order valence-corrected chi connectivity index (χ4v) is 1.92. The molecule has 0 aliphatic carbocycles. The van der Waals surface area contributed by atoms with E-state index in [1.54, 1.807) is 17.6 Å². The Morgan fingerprint density at radius 2 is 2.36 bits per heavy atom. The highest BCUT2D eigenvalue weighted by Crippen LogP contribution is 2.11. The molecule has 0 N–H and O–H groups in total. The molecule has 3 heteroatoms. The van der Waals surface area contributed by atoms with Crippen LogP contribution in [0.5, 0.6) is 0 Å². The van der Waals surface area contributed by atoms with Crippen LogP contribution in [-0.2, 0) is 6.42 Å². The van der Waals surface area contributed by atoms with Crippen LogP contribution < -0.4 is 0 Å². The van der Waals surface area contributed by atoms with Crippen LogP contribution in [0.1, 0.15) is 22.5 Å². The molecule has 2 nitrogen and oxygen atoms in total. The molecule has 0 aromatic carbocycles. The van der Waals surface area contributed by atoms with Gasteiger partial charge in [-0.15, -0.1) is 0 Å². The van der Waals surface area contributed by atoms with Crippen molar-refractivity contribution in [2.24, 2.45) is 0 Å². The number of ketones is 1. The largest absolute Gasteiger partial charge is 0.469 e. The first-order chi connectivity index (χ1) is 6.86. The molecule has 0 spiro atoms. The van der Waals surface area contributed by atoms with E-state index in [9.17, 15) is 4.79 Å². The molecule has 2 heterocycles. The van der Waals surface area contributed by atoms with E-state index in [0.29, 0.717) is 12.8 Å². The van der Waals surface area contributed by atoms with Gasteiger partial charge in [-0.05, 0) is 23.6 Å². The van der Waals surface area contributed by atoms with Crippen molar-refractivity contribution in [3.8, 4) is 0 Å². The van der Waals surface area contributed by atoms with Gasteiger partial charge < -0.3 is 4.42 Å². The van der Waals surface area contributed by atoms with Crippen molar-refractivity contribution in [2.45, 2.75) is 12.8 Å². The maximum Gasteiger partial charge on any atom is 0.164 e. The molecular weight excluding hydrogens is 196 g/mol. The van der Waals surface area contributed by atoms with E-state index >= 15 is 0 Å². The van der Waals surface area contributed by atoms with Crippen LogP contribution in [0.25, 0.3) is 0 Å². The van der Waals surface area contributed by atoms with Gasteiger partial charge in [0.2, 0.25) is 0 Å². The second kappa shape index (κ2) is 4.24. The predicted octanol–water partition coefficient (Wildman–Crippen LogP) is 3.16. The van der Waals surface area contributed by atoms with Gasteiger partial charge in [0.1, 0.15) is 5.76 Å². The van der Waals surface area contributed by atoms with E-state index in [-0.39, 0.29) is 5.78 Å². The Bertz CT molecular complexity index is 387. The quantitative estimate of drug-likeness (QED) is 0.719. The number of carbonyl (C=O) groups excluding carboxylic acids is 1. The van der Waals surface area contributed by atoms with Gasteiger partial charge in [0, 0.05) is 23.8 Å². The van der Waals surface area contributed by atoms with Crippen LogP contribution >= 0.6 is 11.3 Å². The molecule has 0 aliphatic heterocycles. The Labute approximate surface area is 86.2 Å². The number of hydrogen-bond donors (Lipinski definition) is 0. The van der Waals surface area contributed by atoms with Gasteiger partial charge in [0.15, 0.2) is 5.78 Å². The first-order valence-corrected chi connectivity index (χ1v) is 5.38. The number of thiophene rings is 1. The topological polar surface area (TPSA) is 30.2 Å². The lowest BCUT2D eigenvalue weighted by Gasteiger charge is -1.95. The monoisotopic (exact) mass is 206 g/mol. The minimum atomic E-state index is 0.183. The highest BCUT2D eigenvalue weighted by molar-refractivity contribution is 7.08. The van der Waals surface area contributed by atoms with Crippen molar-refractivity contribution >= 4 is 17.1 Å². The fraction of sp³-hybridized carbons (Fsp3) is 0.182. The molecule has 14 heavy (non-hydrogen) atoms. The van der Waals surface area contributed by atoms with Crippen molar-refractivity contribution in [1.29, 1.82) is 0 Å². The van der Waals surface area contributed by atoms with Gasteiger partial charge in [0.05, 0.1) is 6.26 Å². The third-order valence-electron chi connectivity index (χ3n) is 2.02. The molecule has 72 valence electrons. The second-order valence-electron chi connectivity index (χ2n) is 3.01. The number of carbonyl (C=O) groups is 1. The van der Waals surface area contributed by atoms with Gasteiger partial charge in [-0.3, -0.25) is 4.79 Å². The third-order valence-corrected chi connectivity index (χ3v) is 2.70. The van der Waals surface area contributed by atoms with Gasteiger partial charge >= 0.3 is 0 Å². The Hall–Kier alpha value is -1.35. The maximum atomic E-state index is 11.6. The highest BCUT2D eigenvalue weighted by atomic mass is 32.1. The van der Waals surface area contributed by atoms with Crippen LogP contribution in [-0.4, -0.2) is 5.78 Å². The lowest BCUT2D eigenvalue weighted by Crippen LogP contribution is -1.98. The summed E-state index contributed by atoms with van der Waals surface area (Å²) in [6.45, 7) is 0. The summed E-state index contributed by atoms with van der Waals surface area (Å²) in [5.74, 6) is 1.05. The predicted molar refractivity (Wildman–Crippen MR) is 55.7 cm³/mol. The zero-order valence-corrected chi connectivity index (χ0v) is 8.42. The van der Waals surface area contributed by atoms with E-state index in [2.05, 4.69) is 0 Å². The number of rotatable bonds is 4. The molecule has 0 aliphatic rings. The van der Waals surface area contributed by atoms with Crippen molar-refractivity contribution in [3.63, 3.8) is 0 Å². The summed E-state index contributed by atoms with van der Waals surface area (Å²) in [6.07, 6.45) is 2.83. The number of aryl methyl sites for hydroxylation is 1. The summed E-state index contributed by atoms with van der Waals surface area (Å²) in [4.78, 5) is 11.6. The summed E-state index contributed by atoms with van der Waals surface area (Å²) < 4.78 is 5.15. The Balaban J connectivity index is 1.90. The summed E-state index contributed by atoms with van der Waals surface area (Å²) in [6, 6.07) is 5.58. The molecule has 0 unspecified atom stereocenters. The summed E-state index contributed by atoms with van der Waals surface area (Å²) in [5.41, 5.74) is 0.807. The first kappa shape index (κ1) is 9.21.